The highest BCUT2D eigenvalue weighted by Crippen LogP contribution is 2.27. The van der Waals surface area contributed by atoms with Crippen molar-refractivity contribution in [2.75, 3.05) is 6.54 Å². The van der Waals surface area contributed by atoms with Crippen LogP contribution in [-0.2, 0) is 16.2 Å². The molecule has 24 heavy (non-hydrogen) atoms. The number of oxime groups is 1. The van der Waals surface area contributed by atoms with Crippen molar-refractivity contribution in [3.63, 3.8) is 0 Å². The number of nitrogens with zero attached hydrogens (tertiary/aromatic N) is 3. The Morgan fingerprint density at radius 3 is 3.08 bits per heavy atom. The first-order valence-electron chi connectivity index (χ1n) is 7.83. The van der Waals surface area contributed by atoms with E-state index in [-0.39, 0.29) is 11.7 Å². The summed E-state index contributed by atoms with van der Waals surface area (Å²) in [5.41, 5.74) is 0.141. The number of benzene rings is 1. The zero-order chi connectivity index (χ0) is 17.0. The molecular formula is C17H19FN4O2. The van der Waals surface area contributed by atoms with Gasteiger partial charge in [0.05, 0.1) is 5.71 Å². The minimum Gasteiger partial charge on any atom is -0.379 e. The van der Waals surface area contributed by atoms with E-state index in [1.54, 1.807) is 25.3 Å². The van der Waals surface area contributed by atoms with Crippen LogP contribution in [0.5, 0.6) is 0 Å². The van der Waals surface area contributed by atoms with Gasteiger partial charge in [0.25, 0.3) is 5.91 Å². The average molecular weight is 330 g/mol. The summed E-state index contributed by atoms with van der Waals surface area (Å²) < 4.78 is 15.1. The fourth-order valence-corrected chi connectivity index (χ4v) is 2.55. The molecule has 0 saturated carbocycles. The van der Waals surface area contributed by atoms with Gasteiger partial charge in [-0.25, -0.2) is 4.39 Å². The molecule has 1 aliphatic rings. The van der Waals surface area contributed by atoms with E-state index in [9.17, 15) is 9.18 Å². The third-order valence-corrected chi connectivity index (χ3v) is 3.91. The standard InChI is InChI=1S/C17H19FN4O2/c1-17(16(23)19-7-3-9-22-10-4-8-20-22)12-15(21-24-17)13-5-2-6-14(18)11-13/h2,4-6,8,10-11H,3,7,9,12H2,1H3,(H,19,23)/t17-/m1/s1. The number of carbonyl (C=O) groups excluding carboxylic acids is 1. The minimum absolute atomic E-state index is 0.224. The molecule has 1 aromatic carbocycles. The van der Waals surface area contributed by atoms with Crippen LogP contribution < -0.4 is 5.32 Å². The molecule has 6 nitrogen and oxygen atoms in total. The smallest absolute Gasteiger partial charge is 0.267 e. The van der Waals surface area contributed by atoms with E-state index in [2.05, 4.69) is 15.6 Å². The van der Waals surface area contributed by atoms with Crippen molar-refractivity contribution in [3.05, 3.63) is 54.1 Å². The van der Waals surface area contributed by atoms with E-state index in [1.165, 1.54) is 12.1 Å². The Hall–Kier alpha value is -2.70. The normalized spacial score (nSPS) is 19.7. The van der Waals surface area contributed by atoms with Crippen LogP contribution >= 0.6 is 0 Å². The third-order valence-electron chi connectivity index (χ3n) is 3.91. The number of rotatable bonds is 6. The zero-order valence-corrected chi connectivity index (χ0v) is 13.4. The van der Waals surface area contributed by atoms with E-state index in [0.29, 0.717) is 24.2 Å². The monoisotopic (exact) mass is 330 g/mol. The Morgan fingerprint density at radius 2 is 2.33 bits per heavy atom. The van der Waals surface area contributed by atoms with Gasteiger partial charge in [-0.2, -0.15) is 5.10 Å². The maximum atomic E-state index is 13.3. The van der Waals surface area contributed by atoms with Gasteiger partial charge >= 0.3 is 0 Å². The lowest BCUT2D eigenvalue weighted by atomic mass is 9.95. The van der Waals surface area contributed by atoms with Gasteiger partial charge in [-0.05, 0) is 31.5 Å². The van der Waals surface area contributed by atoms with Gasteiger partial charge in [-0.1, -0.05) is 17.3 Å². The summed E-state index contributed by atoms with van der Waals surface area (Å²) in [6.07, 6.45) is 4.67. The van der Waals surface area contributed by atoms with Crippen LogP contribution in [0.15, 0.2) is 47.9 Å². The lowest BCUT2D eigenvalue weighted by Crippen LogP contribution is -2.45. The molecule has 0 fully saturated rings. The van der Waals surface area contributed by atoms with Crippen molar-refractivity contribution in [2.45, 2.75) is 31.9 Å². The van der Waals surface area contributed by atoms with Crippen LogP contribution in [0, 0.1) is 5.82 Å². The maximum Gasteiger partial charge on any atom is 0.267 e. The highest BCUT2D eigenvalue weighted by atomic mass is 19.1. The zero-order valence-electron chi connectivity index (χ0n) is 13.4. The van der Waals surface area contributed by atoms with E-state index >= 15 is 0 Å². The molecule has 0 radical (unpaired) electrons. The lowest BCUT2D eigenvalue weighted by molar-refractivity contribution is -0.141. The molecule has 0 spiro atoms. The number of aromatic nitrogens is 2. The number of amides is 1. The molecule has 7 heteroatoms. The summed E-state index contributed by atoms with van der Waals surface area (Å²) in [6, 6.07) is 7.97. The van der Waals surface area contributed by atoms with Crippen molar-refractivity contribution < 1.29 is 14.0 Å². The third kappa shape index (κ3) is 3.61. The molecule has 1 N–H and O–H groups in total. The Labute approximate surface area is 139 Å². The predicted molar refractivity (Wildman–Crippen MR) is 86.9 cm³/mol. The molecule has 2 heterocycles. The molecule has 0 unspecified atom stereocenters. The Morgan fingerprint density at radius 1 is 1.46 bits per heavy atom. The first-order chi connectivity index (χ1) is 11.6. The number of halogens is 1. The van der Waals surface area contributed by atoms with Crippen LogP contribution in [0.25, 0.3) is 0 Å². The fraction of sp³-hybridized carbons (Fsp3) is 0.353. The summed E-state index contributed by atoms with van der Waals surface area (Å²) in [5.74, 6) is -0.565. The van der Waals surface area contributed by atoms with Gasteiger partial charge in [0, 0.05) is 37.5 Å². The molecular weight excluding hydrogens is 311 g/mol. The van der Waals surface area contributed by atoms with Crippen LogP contribution in [0.4, 0.5) is 4.39 Å². The van der Waals surface area contributed by atoms with E-state index < -0.39 is 5.60 Å². The van der Waals surface area contributed by atoms with Gasteiger partial charge in [0.2, 0.25) is 5.60 Å². The summed E-state index contributed by atoms with van der Waals surface area (Å²) in [6.45, 7) is 2.94. The summed E-state index contributed by atoms with van der Waals surface area (Å²) in [7, 11) is 0. The number of carbonyl (C=O) groups is 1. The average Bonchev–Trinajstić information content (AvgIpc) is 3.22. The second-order valence-corrected chi connectivity index (χ2v) is 5.93. The molecule has 0 saturated heterocycles. The second-order valence-electron chi connectivity index (χ2n) is 5.93. The SMILES string of the molecule is C[C@]1(C(=O)NCCCn2cccn2)CC(c2cccc(F)c2)=NO1. The van der Waals surface area contributed by atoms with Crippen molar-refractivity contribution in [1.82, 2.24) is 15.1 Å². The molecule has 3 rings (SSSR count). The summed E-state index contributed by atoms with van der Waals surface area (Å²) >= 11 is 0. The summed E-state index contributed by atoms with van der Waals surface area (Å²) in [4.78, 5) is 17.7. The minimum atomic E-state index is -1.06. The predicted octanol–water partition coefficient (Wildman–Crippen LogP) is 2.11. The number of hydrogen-bond donors (Lipinski definition) is 1. The number of aryl methyl sites for hydroxylation is 1. The molecule has 126 valence electrons. The Bertz CT molecular complexity index is 745. The van der Waals surface area contributed by atoms with E-state index in [1.807, 2.05) is 16.9 Å². The highest BCUT2D eigenvalue weighted by Gasteiger charge is 2.42. The van der Waals surface area contributed by atoms with Crippen molar-refractivity contribution in [2.24, 2.45) is 5.16 Å². The van der Waals surface area contributed by atoms with Crippen LogP contribution in [0.3, 0.4) is 0 Å². The lowest BCUT2D eigenvalue weighted by Gasteiger charge is -2.20. The van der Waals surface area contributed by atoms with Crippen molar-refractivity contribution in [1.29, 1.82) is 0 Å². The van der Waals surface area contributed by atoms with Gasteiger partial charge in [-0.3, -0.25) is 9.48 Å². The van der Waals surface area contributed by atoms with Gasteiger partial charge in [-0.15, -0.1) is 0 Å². The largest absolute Gasteiger partial charge is 0.379 e. The second kappa shape index (κ2) is 6.82. The van der Waals surface area contributed by atoms with E-state index in [4.69, 9.17) is 4.84 Å². The highest BCUT2D eigenvalue weighted by molar-refractivity contribution is 6.05. The fourth-order valence-electron chi connectivity index (χ4n) is 2.55. The quantitative estimate of drug-likeness (QED) is 0.825. The van der Waals surface area contributed by atoms with E-state index in [0.717, 1.165) is 13.0 Å². The van der Waals surface area contributed by atoms with Gasteiger partial charge in [0.15, 0.2) is 0 Å². The first-order valence-corrected chi connectivity index (χ1v) is 7.83. The molecule has 1 atom stereocenters. The van der Waals surface area contributed by atoms with Crippen LogP contribution in [-0.4, -0.2) is 33.5 Å². The van der Waals surface area contributed by atoms with Crippen LogP contribution in [0.1, 0.15) is 25.3 Å². The number of nitrogens with one attached hydrogen (secondary N) is 1. The van der Waals surface area contributed by atoms with Gasteiger partial charge < -0.3 is 10.2 Å². The first kappa shape index (κ1) is 16.2. The molecule has 2 aromatic rings. The molecule has 1 aliphatic heterocycles. The van der Waals surface area contributed by atoms with Crippen LogP contribution in [0.2, 0.25) is 0 Å². The molecule has 1 amide bonds. The molecule has 1 aromatic heterocycles. The summed E-state index contributed by atoms with van der Waals surface area (Å²) in [5, 5.41) is 10.9. The maximum absolute atomic E-state index is 13.3. The number of hydrogen-bond acceptors (Lipinski definition) is 4. The Balaban J connectivity index is 1.50. The molecule has 0 aliphatic carbocycles. The Kier molecular flexibility index (Phi) is 4.59. The van der Waals surface area contributed by atoms with Crippen molar-refractivity contribution in [3.8, 4) is 0 Å². The van der Waals surface area contributed by atoms with Crippen molar-refractivity contribution >= 4 is 11.6 Å². The van der Waals surface area contributed by atoms with Gasteiger partial charge in [0.1, 0.15) is 5.82 Å². The topological polar surface area (TPSA) is 68.5 Å². The molecule has 0 bridgehead atoms.